The first-order chi connectivity index (χ1) is 8.19. The van der Waals surface area contributed by atoms with Crippen LogP contribution in [0, 0.1) is 5.92 Å². The van der Waals surface area contributed by atoms with Crippen LogP contribution in [0.3, 0.4) is 0 Å². The van der Waals surface area contributed by atoms with Crippen LogP contribution in [-0.2, 0) is 14.3 Å². The second-order valence-corrected chi connectivity index (χ2v) is 4.51. The van der Waals surface area contributed by atoms with Gasteiger partial charge in [0.05, 0.1) is 12.5 Å². The van der Waals surface area contributed by atoms with E-state index in [1.165, 1.54) is 0 Å². The maximum absolute atomic E-state index is 11.8. The van der Waals surface area contributed by atoms with E-state index in [0.29, 0.717) is 26.1 Å². The number of esters is 1. The third-order valence-corrected chi connectivity index (χ3v) is 3.21. The van der Waals surface area contributed by atoms with Crippen molar-refractivity contribution < 1.29 is 14.3 Å². The average molecular weight is 241 g/mol. The number of piperidine rings is 1. The minimum Gasteiger partial charge on any atom is -0.466 e. The number of likely N-dealkylation sites (tertiary alicyclic amines) is 1. The number of nitrogens with zero attached hydrogens (tertiary/aromatic N) is 1. The van der Waals surface area contributed by atoms with Gasteiger partial charge in [-0.15, -0.1) is 0 Å². The van der Waals surface area contributed by atoms with Crippen molar-refractivity contribution in [3.05, 3.63) is 0 Å². The van der Waals surface area contributed by atoms with Crippen LogP contribution < -0.4 is 0 Å². The average Bonchev–Trinajstić information content (AvgIpc) is 2.36. The zero-order valence-corrected chi connectivity index (χ0v) is 10.9. The number of hydrogen-bond donors (Lipinski definition) is 0. The molecule has 0 radical (unpaired) electrons. The van der Waals surface area contributed by atoms with Gasteiger partial charge in [-0.3, -0.25) is 9.59 Å². The quantitative estimate of drug-likeness (QED) is 0.691. The number of rotatable bonds is 5. The van der Waals surface area contributed by atoms with E-state index in [0.717, 1.165) is 25.7 Å². The lowest BCUT2D eigenvalue weighted by atomic mass is 9.96. The van der Waals surface area contributed by atoms with Crippen LogP contribution >= 0.6 is 0 Å². The standard InChI is InChI=1S/C13H23NO3/c1-3-5-6-12(15)14-9-7-11(8-10-14)13(16)17-4-2/h11H,3-10H2,1-2H3. The van der Waals surface area contributed by atoms with Crippen molar-refractivity contribution in [3.63, 3.8) is 0 Å². The first-order valence-corrected chi connectivity index (χ1v) is 6.63. The summed E-state index contributed by atoms with van der Waals surface area (Å²) < 4.78 is 5.00. The zero-order chi connectivity index (χ0) is 12.7. The molecule has 4 heteroatoms. The molecule has 0 aromatic carbocycles. The summed E-state index contributed by atoms with van der Waals surface area (Å²) in [5.74, 6) is 0.118. The SMILES string of the molecule is CCCCC(=O)N1CCC(C(=O)OCC)CC1. The van der Waals surface area contributed by atoms with E-state index in [-0.39, 0.29) is 17.8 Å². The number of unbranched alkanes of at least 4 members (excludes halogenated alkanes) is 1. The molecule has 0 unspecified atom stereocenters. The Morgan fingerprint density at radius 2 is 1.88 bits per heavy atom. The molecule has 0 bridgehead atoms. The van der Waals surface area contributed by atoms with Crippen molar-refractivity contribution in [1.29, 1.82) is 0 Å². The van der Waals surface area contributed by atoms with Crippen molar-refractivity contribution in [1.82, 2.24) is 4.90 Å². The lowest BCUT2D eigenvalue weighted by Gasteiger charge is -2.30. The van der Waals surface area contributed by atoms with Gasteiger partial charge in [-0.25, -0.2) is 0 Å². The number of carbonyl (C=O) groups is 2. The molecule has 17 heavy (non-hydrogen) atoms. The molecule has 0 spiro atoms. The summed E-state index contributed by atoms with van der Waals surface area (Å²) in [6, 6.07) is 0. The third-order valence-electron chi connectivity index (χ3n) is 3.21. The van der Waals surface area contributed by atoms with Crippen LogP contribution in [0.5, 0.6) is 0 Å². The van der Waals surface area contributed by atoms with E-state index in [1.807, 2.05) is 11.8 Å². The second-order valence-electron chi connectivity index (χ2n) is 4.51. The Labute approximate surface area is 103 Å². The minimum atomic E-state index is -0.104. The van der Waals surface area contributed by atoms with Crippen LogP contribution in [-0.4, -0.2) is 36.5 Å². The van der Waals surface area contributed by atoms with Crippen LogP contribution in [0.25, 0.3) is 0 Å². The predicted octanol–water partition coefficient (Wildman–Crippen LogP) is 1.98. The van der Waals surface area contributed by atoms with Crippen LogP contribution in [0.15, 0.2) is 0 Å². The van der Waals surface area contributed by atoms with Crippen molar-refractivity contribution in [3.8, 4) is 0 Å². The lowest BCUT2D eigenvalue weighted by Crippen LogP contribution is -2.40. The summed E-state index contributed by atoms with van der Waals surface area (Å²) >= 11 is 0. The Balaban J connectivity index is 2.30. The summed E-state index contributed by atoms with van der Waals surface area (Å²) in [5.41, 5.74) is 0. The largest absolute Gasteiger partial charge is 0.466 e. The van der Waals surface area contributed by atoms with Gasteiger partial charge in [0.2, 0.25) is 5.91 Å². The van der Waals surface area contributed by atoms with Gasteiger partial charge in [0, 0.05) is 19.5 Å². The van der Waals surface area contributed by atoms with Crippen LogP contribution in [0.2, 0.25) is 0 Å². The fourth-order valence-electron chi connectivity index (χ4n) is 2.11. The smallest absolute Gasteiger partial charge is 0.309 e. The molecule has 1 rings (SSSR count). The highest BCUT2D eigenvalue weighted by Gasteiger charge is 2.27. The van der Waals surface area contributed by atoms with Crippen molar-refractivity contribution in [2.24, 2.45) is 5.92 Å². The Kier molecular flexibility index (Phi) is 6.01. The summed E-state index contributed by atoms with van der Waals surface area (Å²) in [6.45, 7) is 5.74. The molecule has 0 aromatic heterocycles. The molecule has 0 atom stereocenters. The van der Waals surface area contributed by atoms with Crippen LogP contribution in [0.4, 0.5) is 0 Å². The highest BCUT2D eigenvalue weighted by molar-refractivity contribution is 5.77. The molecule has 1 heterocycles. The van der Waals surface area contributed by atoms with Crippen LogP contribution in [0.1, 0.15) is 46.0 Å². The number of amides is 1. The summed E-state index contributed by atoms with van der Waals surface area (Å²) in [7, 11) is 0. The van der Waals surface area contributed by atoms with Crippen molar-refractivity contribution >= 4 is 11.9 Å². The Bertz CT molecular complexity index is 257. The molecule has 0 aliphatic carbocycles. The maximum atomic E-state index is 11.8. The molecule has 4 nitrogen and oxygen atoms in total. The normalized spacial score (nSPS) is 16.9. The first kappa shape index (κ1) is 14.0. The first-order valence-electron chi connectivity index (χ1n) is 6.63. The maximum Gasteiger partial charge on any atom is 0.309 e. The van der Waals surface area contributed by atoms with E-state index >= 15 is 0 Å². The summed E-state index contributed by atoms with van der Waals surface area (Å²) in [6.07, 6.45) is 4.13. The van der Waals surface area contributed by atoms with Gasteiger partial charge in [-0.2, -0.15) is 0 Å². The minimum absolute atomic E-state index is 0.00910. The lowest BCUT2D eigenvalue weighted by molar-refractivity contribution is -0.151. The van der Waals surface area contributed by atoms with Gasteiger partial charge in [0.25, 0.3) is 0 Å². The predicted molar refractivity (Wildman–Crippen MR) is 65.5 cm³/mol. The molecule has 1 saturated heterocycles. The van der Waals surface area contributed by atoms with Gasteiger partial charge in [0.15, 0.2) is 0 Å². The fourth-order valence-corrected chi connectivity index (χ4v) is 2.11. The number of ether oxygens (including phenoxy) is 1. The highest BCUT2D eigenvalue weighted by atomic mass is 16.5. The number of hydrogen-bond acceptors (Lipinski definition) is 3. The zero-order valence-electron chi connectivity index (χ0n) is 10.9. The molecule has 1 aliphatic heterocycles. The topological polar surface area (TPSA) is 46.6 Å². The molecular formula is C13H23NO3. The summed E-state index contributed by atoms with van der Waals surface area (Å²) in [4.78, 5) is 25.2. The Morgan fingerprint density at radius 3 is 2.41 bits per heavy atom. The molecule has 1 aliphatic rings. The van der Waals surface area contributed by atoms with Crippen molar-refractivity contribution in [2.75, 3.05) is 19.7 Å². The number of carbonyl (C=O) groups excluding carboxylic acids is 2. The molecular weight excluding hydrogens is 218 g/mol. The van der Waals surface area contributed by atoms with Gasteiger partial charge in [0.1, 0.15) is 0 Å². The Hall–Kier alpha value is -1.06. The van der Waals surface area contributed by atoms with Crippen molar-refractivity contribution in [2.45, 2.75) is 46.0 Å². The van der Waals surface area contributed by atoms with E-state index in [4.69, 9.17) is 4.74 Å². The molecule has 0 aromatic rings. The monoisotopic (exact) mass is 241 g/mol. The van der Waals surface area contributed by atoms with Gasteiger partial charge >= 0.3 is 5.97 Å². The van der Waals surface area contributed by atoms with E-state index < -0.39 is 0 Å². The Morgan fingerprint density at radius 1 is 1.24 bits per heavy atom. The van der Waals surface area contributed by atoms with E-state index in [9.17, 15) is 9.59 Å². The molecule has 0 N–H and O–H groups in total. The fraction of sp³-hybridized carbons (Fsp3) is 0.846. The second kappa shape index (κ2) is 7.30. The highest BCUT2D eigenvalue weighted by Crippen LogP contribution is 2.19. The molecule has 1 amide bonds. The van der Waals surface area contributed by atoms with E-state index in [2.05, 4.69) is 6.92 Å². The van der Waals surface area contributed by atoms with E-state index in [1.54, 1.807) is 0 Å². The molecule has 0 saturated carbocycles. The molecule has 98 valence electrons. The van der Waals surface area contributed by atoms with Gasteiger partial charge in [-0.05, 0) is 26.2 Å². The summed E-state index contributed by atoms with van der Waals surface area (Å²) in [5, 5.41) is 0. The molecule has 1 fully saturated rings. The third kappa shape index (κ3) is 4.36. The van der Waals surface area contributed by atoms with Gasteiger partial charge in [-0.1, -0.05) is 13.3 Å². The van der Waals surface area contributed by atoms with Gasteiger partial charge < -0.3 is 9.64 Å².